The Morgan fingerprint density at radius 1 is 1.17 bits per heavy atom. The molecular weight excluding hydrogens is 520 g/mol. The number of rotatable bonds is 6. The van der Waals surface area contributed by atoms with Crippen LogP contribution in [0.2, 0.25) is 0 Å². The fraction of sp³-hybridized carbons (Fsp3) is 0.531. The molecule has 2 unspecified atom stereocenters. The van der Waals surface area contributed by atoms with Crippen molar-refractivity contribution >= 4 is 6.09 Å². The fourth-order valence-electron chi connectivity index (χ4n) is 5.72. The van der Waals surface area contributed by atoms with Crippen molar-refractivity contribution in [2.45, 2.75) is 71.5 Å². The van der Waals surface area contributed by atoms with Gasteiger partial charge in [0, 0.05) is 55.2 Å². The number of nitrogens with zero attached hydrogens (tertiary/aromatic N) is 4. The van der Waals surface area contributed by atoms with Gasteiger partial charge in [0.05, 0.1) is 6.54 Å². The summed E-state index contributed by atoms with van der Waals surface area (Å²) < 4.78 is 25.0. The van der Waals surface area contributed by atoms with E-state index < -0.39 is 5.60 Å². The molecule has 5 atom stereocenters. The Kier molecular flexibility index (Phi) is 7.62. The summed E-state index contributed by atoms with van der Waals surface area (Å²) in [4.78, 5) is 18.6. The maximum absolute atomic E-state index is 12.3. The lowest BCUT2D eigenvalue weighted by Gasteiger charge is -2.26. The van der Waals surface area contributed by atoms with E-state index >= 15 is 0 Å². The molecule has 2 aliphatic heterocycles. The Morgan fingerprint density at radius 2 is 1.95 bits per heavy atom. The number of carbonyl (C=O) groups is 1. The first-order valence-electron chi connectivity index (χ1n) is 14.6. The van der Waals surface area contributed by atoms with E-state index in [1.54, 1.807) is 6.20 Å². The molecule has 3 fully saturated rings. The van der Waals surface area contributed by atoms with Gasteiger partial charge in [0.15, 0.2) is 12.1 Å². The SMILES string of the molecule is C[C@H](OC1CCCCO1)c1nccn1Cc1cc(-c2ccc(C#CC3[C@H]4CN(C(=O)OC(C)(C)C)C[C@@H]34)cc2)on1. The van der Waals surface area contributed by atoms with Crippen LogP contribution in [0.1, 0.15) is 70.1 Å². The molecule has 1 saturated carbocycles. The van der Waals surface area contributed by atoms with Gasteiger partial charge in [-0.1, -0.05) is 17.0 Å². The first-order valence-corrected chi connectivity index (χ1v) is 14.6. The predicted octanol–water partition coefficient (Wildman–Crippen LogP) is 5.66. The topological polar surface area (TPSA) is 91.9 Å². The highest BCUT2D eigenvalue weighted by Gasteiger charge is 2.56. The molecule has 2 saturated heterocycles. The summed E-state index contributed by atoms with van der Waals surface area (Å²) >= 11 is 0. The maximum Gasteiger partial charge on any atom is 0.410 e. The number of carbonyl (C=O) groups excluding carboxylic acids is 1. The zero-order valence-electron chi connectivity index (χ0n) is 24.2. The Hall–Kier alpha value is -3.61. The first kappa shape index (κ1) is 27.6. The van der Waals surface area contributed by atoms with Crippen LogP contribution < -0.4 is 0 Å². The van der Waals surface area contributed by atoms with Crippen LogP contribution in [-0.2, 0) is 20.8 Å². The van der Waals surface area contributed by atoms with Gasteiger partial charge in [0.25, 0.3) is 0 Å². The second kappa shape index (κ2) is 11.3. The minimum Gasteiger partial charge on any atom is -0.444 e. The molecule has 6 rings (SSSR count). The summed E-state index contributed by atoms with van der Waals surface area (Å²) in [5, 5.41) is 4.29. The maximum atomic E-state index is 12.3. The molecule has 216 valence electrons. The Bertz CT molecular complexity index is 1410. The second-order valence-electron chi connectivity index (χ2n) is 12.3. The molecule has 1 aliphatic carbocycles. The average Bonchev–Trinajstić information content (AvgIpc) is 3.42. The summed E-state index contributed by atoms with van der Waals surface area (Å²) in [6.45, 7) is 10.4. The molecule has 0 radical (unpaired) electrons. The van der Waals surface area contributed by atoms with Crippen LogP contribution in [0, 0.1) is 29.6 Å². The molecule has 4 heterocycles. The molecule has 9 nitrogen and oxygen atoms in total. The van der Waals surface area contributed by atoms with Crippen molar-refractivity contribution < 1.29 is 23.5 Å². The molecule has 9 heteroatoms. The van der Waals surface area contributed by atoms with Crippen LogP contribution in [0.3, 0.4) is 0 Å². The number of fused-ring (bicyclic) bond motifs is 1. The van der Waals surface area contributed by atoms with E-state index in [2.05, 4.69) is 22.0 Å². The molecular formula is C32H38N4O5. The Balaban J connectivity index is 1.02. The molecule has 0 spiro atoms. The van der Waals surface area contributed by atoms with E-state index in [1.165, 1.54) is 0 Å². The number of piperidine rings is 1. The quantitative estimate of drug-likeness (QED) is 0.361. The van der Waals surface area contributed by atoms with E-state index in [1.807, 2.05) is 73.7 Å². The second-order valence-corrected chi connectivity index (χ2v) is 12.3. The number of ether oxygens (including phenoxy) is 3. The van der Waals surface area contributed by atoms with Gasteiger partial charge < -0.3 is 28.2 Å². The van der Waals surface area contributed by atoms with Crippen molar-refractivity contribution in [1.29, 1.82) is 0 Å². The standard InChI is InChI=1S/C32H38N4O5/c1-21(39-29-7-5-6-16-38-29)30-33-14-15-35(30)18-24-17-28(41-34-24)23-11-8-22(9-12-23)10-13-25-26-19-36(20-27(25)26)31(37)40-32(2,3)4/h8-9,11-12,14-15,17,21,25-27,29H,5-7,16,18-20H2,1-4H3/t21-,25?,26-,27+,29?/m0/s1. The summed E-state index contributed by atoms with van der Waals surface area (Å²) in [6.07, 6.45) is 6.26. The van der Waals surface area contributed by atoms with Gasteiger partial charge in [-0.05, 0) is 83.1 Å². The number of imidazole rings is 1. The zero-order chi connectivity index (χ0) is 28.6. The molecule has 2 aromatic heterocycles. The zero-order valence-corrected chi connectivity index (χ0v) is 24.2. The summed E-state index contributed by atoms with van der Waals surface area (Å²) in [5.74, 6) is 9.53. The molecule has 0 N–H and O–H groups in total. The van der Waals surface area contributed by atoms with E-state index in [-0.39, 0.29) is 18.5 Å². The Morgan fingerprint density at radius 3 is 2.66 bits per heavy atom. The van der Waals surface area contributed by atoms with Crippen LogP contribution in [0.5, 0.6) is 0 Å². The highest BCUT2D eigenvalue weighted by molar-refractivity contribution is 5.69. The van der Waals surface area contributed by atoms with Gasteiger partial charge in [0.1, 0.15) is 23.2 Å². The van der Waals surface area contributed by atoms with Crippen molar-refractivity contribution in [2.24, 2.45) is 17.8 Å². The fourth-order valence-corrected chi connectivity index (χ4v) is 5.72. The lowest BCUT2D eigenvalue weighted by Crippen LogP contribution is -2.37. The van der Waals surface area contributed by atoms with Gasteiger partial charge in [-0.25, -0.2) is 9.78 Å². The lowest BCUT2D eigenvalue weighted by molar-refractivity contribution is -0.188. The van der Waals surface area contributed by atoms with Gasteiger partial charge in [-0.2, -0.15) is 0 Å². The molecule has 3 aliphatic rings. The average molecular weight is 559 g/mol. The lowest BCUT2D eigenvalue weighted by atomic mass is 10.1. The normalized spacial score (nSPS) is 24.3. The van der Waals surface area contributed by atoms with Crippen molar-refractivity contribution in [1.82, 2.24) is 19.6 Å². The number of benzene rings is 1. The first-order chi connectivity index (χ1) is 19.7. The van der Waals surface area contributed by atoms with Crippen molar-refractivity contribution in [3.05, 3.63) is 59.8 Å². The number of likely N-dealkylation sites (tertiary alicyclic amines) is 1. The van der Waals surface area contributed by atoms with Crippen LogP contribution >= 0.6 is 0 Å². The van der Waals surface area contributed by atoms with E-state index in [4.69, 9.17) is 18.7 Å². The number of amides is 1. The molecule has 0 bridgehead atoms. The minimum atomic E-state index is -0.468. The highest BCUT2D eigenvalue weighted by atomic mass is 16.7. The van der Waals surface area contributed by atoms with E-state index in [0.29, 0.717) is 30.1 Å². The van der Waals surface area contributed by atoms with E-state index in [9.17, 15) is 4.79 Å². The van der Waals surface area contributed by atoms with Crippen LogP contribution in [0.25, 0.3) is 11.3 Å². The molecule has 1 amide bonds. The number of hydrogen-bond acceptors (Lipinski definition) is 7. The molecule has 3 aromatic rings. The van der Waals surface area contributed by atoms with Crippen LogP contribution in [0.15, 0.2) is 47.2 Å². The van der Waals surface area contributed by atoms with Gasteiger partial charge >= 0.3 is 6.09 Å². The number of aromatic nitrogens is 3. The predicted molar refractivity (Wildman–Crippen MR) is 152 cm³/mol. The Labute approximate surface area is 241 Å². The number of hydrogen-bond donors (Lipinski definition) is 0. The van der Waals surface area contributed by atoms with Crippen molar-refractivity contribution in [3.63, 3.8) is 0 Å². The van der Waals surface area contributed by atoms with Gasteiger partial charge in [-0.15, -0.1) is 0 Å². The van der Waals surface area contributed by atoms with Crippen molar-refractivity contribution in [2.75, 3.05) is 19.7 Å². The third-order valence-electron chi connectivity index (χ3n) is 7.89. The van der Waals surface area contributed by atoms with E-state index in [0.717, 1.165) is 61.6 Å². The van der Waals surface area contributed by atoms with Gasteiger partial charge in [-0.3, -0.25) is 0 Å². The van der Waals surface area contributed by atoms with Crippen molar-refractivity contribution in [3.8, 4) is 23.2 Å². The summed E-state index contributed by atoms with van der Waals surface area (Å²) in [5.41, 5.74) is 2.25. The molecule has 41 heavy (non-hydrogen) atoms. The third-order valence-corrected chi connectivity index (χ3v) is 7.89. The highest BCUT2D eigenvalue weighted by Crippen LogP contribution is 2.51. The minimum absolute atomic E-state index is 0.173. The van der Waals surface area contributed by atoms with Crippen LogP contribution in [0.4, 0.5) is 4.79 Å². The summed E-state index contributed by atoms with van der Waals surface area (Å²) in [6, 6.07) is 10.00. The molecule has 1 aromatic carbocycles. The monoisotopic (exact) mass is 558 g/mol. The van der Waals surface area contributed by atoms with Gasteiger partial charge in [0.2, 0.25) is 0 Å². The summed E-state index contributed by atoms with van der Waals surface area (Å²) in [7, 11) is 0. The smallest absolute Gasteiger partial charge is 0.410 e. The third kappa shape index (κ3) is 6.50. The van der Waals surface area contributed by atoms with Crippen LogP contribution in [-0.4, -0.2) is 57.3 Å². The largest absolute Gasteiger partial charge is 0.444 e.